The van der Waals surface area contributed by atoms with Crippen molar-refractivity contribution in [3.05, 3.63) is 68.6 Å². The van der Waals surface area contributed by atoms with Gasteiger partial charge < -0.3 is 29.8 Å². The van der Waals surface area contributed by atoms with Gasteiger partial charge in [0.05, 0.1) is 41.3 Å². The molecule has 1 aromatic carbocycles. The third-order valence-corrected chi connectivity index (χ3v) is 7.79. The van der Waals surface area contributed by atoms with Gasteiger partial charge in [0.15, 0.2) is 0 Å². The summed E-state index contributed by atoms with van der Waals surface area (Å²) in [6.07, 6.45) is 3.52. The lowest BCUT2D eigenvalue weighted by Gasteiger charge is -2.34. The summed E-state index contributed by atoms with van der Waals surface area (Å²) in [7, 11) is 1.51. The van der Waals surface area contributed by atoms with Gasteiger partial charge in [0.2, 0.25) is 17.2 Å². The highest BCUT2D eigenvalue weighted by molar-refractivity contribution is 6.34. The first kappa shape index (κ1) is 27.5. The van der Waals surface area contributed by atoms with Crippen LogP contribution in [0.4, 0.5) is 11.5 Å². The molecule has 3 N–H and O–H groups in total. The molecule has 11 nitrogen and oxygen atoms in total. The molecule has 1 aliphatic heterocycles. The van der Waals surface area contributed by atoms with Crippen molar-refractivity contribution in [3.63, 3.8) is 0 Å². The number of carboxylic acid groups (broad SMARTS) is 1. The normalized spacial score (nSPS) is 16.3. The average molecular weight is 585 g/mol. The number of nitrogens with zero attached hydrogens (tertiary/aromatic N) is 5. The highest BCUT2D eigenvalue weighted by Gasteiger charge is 2.42. The van der Waals surface area contributed by atoms with Crippen LogP contribution in [0, 0.1) is 5.41 Å². The first-order valence-electron chi connectivity index (χ1n) is 12.3. The Morgan fingerprint density at radius 1 is 1.23 bits per heavy atom. The van der Waals surface area contributed by atoms with Crippen molar-refractivity contribution in [1.82, 2.24) is 19.7 Å². The molecule has 3 aromatic heterocycles. The largest absolute Gasteiger partial charge is 0.481 e. The molecule has 0 radical (unpaired) electrons. The Morgan fingerprint density at radius 2 is 2.00 bits per heavy atom. The number of hydrogen-bond acceptors (Lipinski definition) is 9. The van der Waals surface area contributed by atoms with Crippen LogP contribution < -0.4 is 25.5 Å². The number of halogens is 2. The van der Waals surface area contributed by atoms with Gasteiger partial charge in [0.25, 0.3) is 0 Å². The van der Waals surface area contributed by atoms with E-state index in [2.05, 4.69) is 33.9 Å². The molecule has 0 amide bonds. The number of carbonyl (C=O) groups is 1. The topological polar surface area (TPSA) is 146 Å². The molecule has 1 saturated heterocycles. The number of aromatic nitrogens is 4. The van der Waals surface area contributed by atoms with E-state index in [0.717, 1.165) is 6.42 Å². The zero-order chi connectivity index (χ0) is 28.8. The summed E-state index contributed by atoms with van der Waals surface area (Å²) in [5, 5.41) is 18.2. The number of hydrogen-bond donors (Lipinski definition) is 2. The molecule has 1 fully saturated rings. The van der Waals surface area contributed by atoms with E-state index < -0.39 is 17.0 Å². The van der Waals surface area contributed by atoms with E-state index >= 15 is 0 Å². The van der Waals surface area contributed by atoms with Crippen LogP contribution >= 0.6 is 23.2 Å². The number of methoxy groups -OCH3 is 1. The van der Waals surface area contributed by atoms with Gasteiger partial charge in [-0.05, 0) is 30.0 Å². The maximum absolute atomic E-state index is 13.1. The van der Waals surface area contributed by atoms with Gasteiger partial charge in [-0.1, -0.05) is 37.0 Å². The number of pyridine rings is 2. The highest BCUT2D eigenvalue weighted by Crippen LogP contribution is 2.43. The van der Waals surface area contributed by atoms with Crippen LogP contribution in [-0.4, -0.2) is 57.1 Å². The maximum atomic E-state index is 13.1. The van der Waals surface area contributed by atoms with Gasteiger partial charge in [0, 0.05) is 30.3 Å². The second-order valence-electron chi connectivity index (χ2n) is 10.1. The molecule has 208 valence electrons. The molecule has 40 heavy (non-hydrogen) atoms. The zero-order valence-corrected chi connectivity index (χ0v) is 23.4. The number of nitrogen functional groups attached to an aromatic ring is 1. The molecule has 5 rings (SSSR count). The lowest BCUT2D eigenvalue weighted by molar-refractivity contribution is 0.0695. The Kier molecular flexibility index (Phi) is 7.19. The summed E-state index contributed by atoms with van der Waals surface area (Å²) in [6.45, 7) is 5.18. The van der Waals surface area contributed by atoms with E-state index in [9.17, 15) is 14.7 Å². The molecule has 0 spiro atoms. The van der Waals surface area contributed by atoms with Crippen LogP contribution in [0.25, 0.3) is 16.6 Å². The minimum atomic E-state index is -1.36. The lowest BCUT2D eigenvalue weighted by atomic mass is 9.85. The zero-order valence-electron chi connectivity index (χ0n) is 21.9. The van der Waals surface area contributed by atoms with Crippen molar-refractivity contribution in [3.8, 4) is 17.4 Å². The minimum Gasteiger partial charge on any atom is -0.481 e. The Morgan fingerprint density at radius 3 is 2.70 bits per heavy atom. The summed E-state index contributed by atoms with van der Waals surface area (Å²) in [6, 6.07) is 7.97. The third kappa shape index (κ3) is 4.98. The number of anilines is 2. The summed E-state index contributed by atoms with van der Waals surface area (Å²) >= 11 is 13.1. The summed E-state index contributed by atoms with van der Waals surface area (Å²) in [5.74, 6) is -0.589. The number of benzene rings is 1. The van der Waals surface area contributed by atoms with Gasteiger partial charge in [-0.25, -0.2) is 4.79 Å². The SMILES string of the molecule is COc1ccc(Cl)c(OCC2N(c3cc4c(cc3Cl)c(=O)c(C(=O)O)cn4-c3cnnc(N)c3)CCC2(C)C)n1. The summed E-state index contributed by atoms with van der Waals surface area (Å²) in [5.41, 5.74) is 6.13. The molecular weight excluding hydrogens is 559 g/mol. The van der Waals surface area contributed by atoms with Crippen LogP contribution in [0.2, 0.25) is 10.0 Å². The van der Waals surface area contributed by atoms with Gasteiger partial charge in [-0.3, -0.25) is 4.79 Å². The van der Waals surface area contributed by atoms with Gasteiger partial charge in [-0.15, -0.1) is 5.10 Å². The molecule has 0 saturated carbocycles. The average Bonchev–Trinajstić information content (AvgIpc) is 3.21. The monoisotopic (exact) mass is 584 g/mol. The highest BCUT2D eigenvalue weighted by atomic mass is 35.5. The fraction of sp³-hybridized carbons (Fsp3) is 0.296. The Balaban J connectivity index is 1.62. The van der Waals surface area contributed by atoms with Crippen LogP contribution in [0.5, 0.6) is 11.8 Å². The van der Waals surface area contributed by atoms with Crippen molar-refractivity contribution < 1.29 is 19.4 Å². The number of ether oxygens (including phenoxy) is 2. The van der Waals surface area contributed by atoms with E-state index in [1.165, 1.54) is 31.6 Å². The van der Waals surface area contributed by atoms with Gasteiger partial charge in [-0.2, -0.15) is 10.1 Å². The number of aromatic carboxylic acids is 1. The van der Waals surface area contributed by atoms with Crippen molar-refractivity contribution in [2.75, 3.05) is 30.9 Å². The molecule has 1 atom stereocenters. The fourth-order valence-electron chi connectivity index (χ4n) is 4.96. The number of rotatable bonds is 7. The molecule has 0 bridgehead atoms. The van der Waals surface area contributed by atoms with Crippen LogP contribution in [0.3, 0.4) is 0 Å². The summed E-state index contributed by atoms with van der Waals surface area (Å²) < 4.78 is 12.8. The molecule has 13 heteroatoms. The van der Waals surface area contributed by atoms with Crippen molar-refractivity contribution in [2.24, 2.45) is 5.41 Å². The Bertz CT molecular complexity index is 1690. The smallest absolute Gasteiger partial charge is 0.341 e. The predicted molar refractivity (Wildman–Crippen MR) is 152 cm³/mol. The second-order valence-corrected chi connectivity index (χ2v) is 10.9. The van der Waals surface area contributed by atoms with Gasteiger partial charge in [0.1, 0.15) is 23.0 Å². The van der Waals surface area contributed by atoms with E-state index in [1.807, 2.05) is 0 Å². The Labute approximate surface area is 239 Å². The predicted octanol–water partition coefficient (Wildman–Crippen LogP) is 4.46. The van der Waals surface area contributed by atoms with E-state index in [-0.39, 0.29) is 35.1 Å². The summed E-state index contributed by atoms with van der Waals surface area (Å²) in [4.78, 5) is 31.5. The maximum Gasteiger partial charge on any atom is 0.341 e. The van der Waals surface area contributed by atoms with Gasteiger partial charge >= 0.3 is 5.97 Å². The van der Waals surface area contributed by atoms with E-state index in [4.69, 9.17) is 38.4 Å². The molecule has 0 aliphatic carbocycles. The standard InChI is InChI=1S/C27H26Cl2N6O5/c1-27(2)6-7-34(21(27)13-40-25-17(28)4-5-23(32-25)39-3)20-10-19-15(9-18(20)29)24(36)16(26(37)38)12-35(19)14-8-22(30)33-31-11-14/h4-5,8-12,21H,6-7,13H2,1-3H3,(H2,30,33)(H,37,38). The quantitative estimate of drug-likeness (QED) is 0.319. The fourth-order valence-corrected chi connectivity index (χ4v) is 5.39. The molecule has 4 aromatic rings. The van der Waals surface area contributed by atoms with Crippen molar-refractivity contribution in [1.29, 1.82) is 0 Å². The number of nitrogens with two attached hydrogens (primary N) is 1. The Hall–Kier alpha value is -4.09. The van der Waals surface area contributed by atoms with Crippen LogP contribution in [-0.2, 0) is 0 Å². The lowest BCUT2D eigenvalue weighted by Crippen LogP contribution is -2.42. The van der Waals surface area contributed by atoms with E-state index in [1.54, 1.807) is 22.8 Å². The molecular formula is C27H26Cl2N6O5. The van der Waals surface area contributed by atoms with Crippen LogP contribution in [0.15, 0.2) is 47.5 Å². The second kappa shape index (κ2) is 10.5. The molecule has 1 aliphatic rings. The third-order valence-electron chi connectivity index (χ3n) is 7.20. The van der Waals surface area contributed by atoms with Crippen molar-refractivity contribution in [2.45, 2.75) is 26.3 Å². The van der Waals surface area contributed by atoms with Crippen LogP contribution in [0.1, 0.15) is 30.6 Å². The minimum absolute atomic E-state index is 0.138. The number of carboxylic acids is 1. The molecule has 4 heterocycles. The first-order valence-corrected chi connectivity index (χ1v) is 13.1. The molecule has 1 unspecified atom stereocenters. The van der Waals surface area contributed by atoms with E-state index in [0.29, 0.717) is 39.4 Å². The first-order chi connectivity index (χ1) is 19.0. The van der Waals surface area contributed by atoms with Crippen molar-refractivity contribution >= 4 is 51.6 Å². The number of fused-ring (bicyclic) bond motifs is 1.